The molecule has 2 atom stereocenters. The van der Waals surface area contributed by atoms with Gasteiger partial charge in [0.2, 0.25) is 11.5 Å². The summed E-state index contributed by atoms with van der Waals surface area (Å²) in [5.74, 6) is -1.51. The number of oxime groups is 1. The molecule has 0 saturated carbocycles. The van der Waals surface area contributed by atoms with E-state index in [0.29, 0.717) is 10.7 Å². The molecular weight excluding hydrogens is 691 g/mol. The van der Waals surface area contributed by atoms with Crippen LogP contribution in [0.15, 0.2) is 105 Å². The highest BCUT2D eigenvalue weighted by molar-refractivity contribution is 8.07. The number of amides is 2. The number of nitrogens with two attached hydrogens (primary N) is 1. The lowest BCUT2D eigenvalue weighted by Crippen LogP contribution is -2.71. The van der Waals surface area contributed by atoms with Crippen molar-refractivity contribution < 1.29 is 24.0 Å². The number of thiazole rings is 1. The Bertz CT molecular complexity index is 2000. The highest BCUT2D eigenvalue weighted by atomic mass is 32.2. The van der Waals surface area contributed by atoms with E-state index < -0.39 is 35.3 Å². The van der Waals surface area contributed by atoms with Crippen LogP contribution in [0.2, 0.25) is 0 Å². The molecule has 2 aliphatic rings. The van der Waals surface area contributed by atoms with E-state index in [4.69, 9.17) is 20.3 Å². The predicted octanol–water partition coefficient (Wildman–Crippen LogP) is 4.82. The number of ether oxygens (including phenoxy) is 1. The third kappa shape index (κ3) is 6.26. The molecule has 2 aliphatic heterocycles. The van der Waals surface area contributed by atoms with Crippen LogP contribution in [0.4, 0.5) is 5.13 Å². The van der Waals surface area contributed by atoms with Gasteiger partial charge in [-0.2, -0.15) is 9.36 Å². The van der Waals surface area contributed by atoms with Crippen LogP contribution in [-0.2, 0) is 24.0 Å². The monoisotopic (exact) mass is 715 g/mol. The molecule has 3 aromatic carbocycles. The molecule has 5 aromatic rings. The maximum absolute atomic E-state index is 14.3. The topological polar surface area (TPSA) is 162 Å². The van der Waals surface area contributed by atoms with Crippen molar-refractivity contribution in [3.8, 4) is 0 Å². The zero-order valence-corrected chi connectivity index (χ0v) is 28.3. The number of nitrogen functional groups attached to an aromatic ring is 1. The highest BCUT2D eigenvalue weighted by Gasteiger charge is 2.55. The summed E-state index contributed by atoms with van der Waals surface area (Å²) in [6.45, 7) is 0. The van der Waals surface area contributed by atoms with Crippen LogP contribution < -0.4 is 11.1 Å². The number of nitrogens with one attached hydrogen (secondary N) is 1. The van der Waals surface area contributed by atoms with Gasteiger partial charge in [0.15, 0.2) is 15.6 Å². The molecule has 4 heterocycles. The maximum Gasteiger partial charge on any atom is 0.356 e. The third-order valence-corrected chi connectivity index (χ3v) is 11.6. The van der Waals surface area contributed by atoms with E-state index in [-0.39, 0.29) is 22.4 Å². The Morgan fingerprint density at radius 2 is 1.71 bits per heavy atom. The molecule has 1 saturated heterocycles. The number of anilines is 1. The summed E-state index contributed by atoms with van der Waals surface area (Å²) in [5, 5.41) is 6.04. The number of carbonyl (C=O) groups excluding carboxylic acids is 3. The van der Waals surface area contributed by atoms with Crippen molar-refractivity contribution in [3.05, 3.63) is 112 Å². The van der Waals surface area contributed by atoms with E-state index in [1.54, 1.807) is 0 Å². The summed E-state index contributed by atoms with van der Waals surface area (Å²) in [7, 11) is 1.28. The molecule has 7 rings (SSSR count). The molecule has 48 heavy (non-hydrogen) atoms. The van der Waals surface area contributed by atoms with Crippen LogP contribution >= 0.6 is 46.4 Å². The van der Waals surface area contributed by atoms with Gasteiger partial charge in [-0.15, -0.1) is 23.1 Å². The van der Waals surface area contributed by atoms with E-state index in [1.165, 1.54) is 46.9 Å². The molecule has 0 aliphatic carbocycles. The maximum atomic E-state index is 14.3. The molecule has 0 radical (unpaired) electrons. The fraction of sp³-hybridized carbons (Fsp3) is 0.156. The minimum absolute atomic E-state index is 0.0247. The minimum Gasteiger partial charge on any atom is -0.448 e. The van der Waals surface area contributed by atoms with Gasteiger partial charge < -0.3 is 20.6 Å². The van der Waals surface area contributed by atoms with Crippen LogP contribution in [0.3, 0.4) is 0 Å². The standard InChI is InChI=1S/C32H25N7O5S4/c1-43-37-22(26-36-31(33)48-38-26)27(40)35-23-28(41)39-24(21(16-45-29(23)39)47-32-34-19-14-8-9-15-20(19)46-32)30(42)44-25(17-10-4-2-5-11-17)18-12-6-3-7-13-18/h2-15,23,25,29H,16H2,1H3,(H,35,40)(H2,33,36,38)/t23?,29-/m0/s1. The van der Waals surface area contributed by atoms with Gasteiger partial charge in [0, 0.05) is 22.2 Å². The summed E-state index contributed by atoms with van der Waals surface area (Å²) in [4.78, 5) is 57.1. The second-order valence-electron chi connectivity index (χ2n) is 10.4. The van der Waals surface area contributed by atoms with E-state index in [2.05, 4.69) is 19.8 Å². The Hall–Kier alpha value is -4.77. The first-order valence-electron chi connectivity index (χ1n) is 14.4. The average molecular weight is 716 g/mol. The second-order valence-corrected chi connectivity index (χ2v) is 14.6. The lowest BCUT2D eigenvalue weighted by Gasteiger charge is -2.49. The van der Waals surface area contributed by atoms with Crippen LogP contribution in [0.5, 0.6) is 0 Å². The first kappa shape index (κ1) is 31.8. The van der Waals surface area contributed by atoms with Gasteiger partial charge in [-0.3, -0.25) is 14.5 Å². The van der Waals surface area contributed by atoms with Gasteiger partial charge in [0.05, 0.1) is 10.2 Å². The van der Waals surface area contributed by atoms with Crippen molar-refractivity contribution >= 4 is 85.2 Å². The highest BCUT2D eigenvalue weighted by Crippen LogP contribution is 2.47. The molecule has 2 aromatic heterocycles. The lowest BCUT2D eigenvalue weighted by molar-refractivity contribution is -0.154. The fourth-order valence-electron chi connectivity index (χ4n) is 5.22. The Balaban J connectivity index is 1.21. The van der Waals surface area contributed by atoms with E-state index >= 15 is 0 Å². The SMILES string of the molecule is CON=C(C(=O)NC1C(=O)N2C(C(=O)OC(c3ccccc3)c3ccccc3)=C(Sc3nc4ccccc4s3)CS[C@@H]12)c1nsc(N)n1. The number of para-hydroxylation sites is 1. The number of thioether (sulfide) groups is 2. The summed E-state index contributed by atoms with van der Waals surface area (Å²) in [5.41, 5.74) is 8.00. The number of aromatic nitrogens is 3. The van der Waals surface area contributed by atoms with Crippen molar-refractivity contribution in [1.29, 1.82) is 0 Å². The van der Waals surface area contributed by atoms with Crippen LogP contribution in [-0.4, -0.2) is 67.0 Å². The van der Waals surface area contributed by atoms with Gasteiger partial charge >= 0.3 is 5.97 Å². The average Bonchev–Trinajstić information content (AvgIpc) is 3.74. The van der Waals surface area contributed by atoms with Crippen LogP contribution in [0.1, 0.15) is 23.1 Å². The number of carbonyl (C=O) groups is 3. The molecule has 16 heteroatoms. The number of β-lactam (4-membered cyclic amide) rings is 1. The Kier molecular flexibility index (Phi) is 9.12. The number of fused-ring (bicyclic) bond motifs is 2. The summed E-state index contributed by atoms with van der Waals surface area (Å²) in [6, 6.07) is 25.7. The fourth-order valence-corrected chi connectivity index (χ4v) is 9.36. The molecule has 0 bridgehead atoms. The molecule has 2 amide bonds. The number of rotatable bonds is 10. The quantitative estimate of drug-likeness (QED) is 0.0883. The van der Waals surface area contributed by atoms with E-state index in [0.717, 1.165) is 37.2 Å². The Morgan fingerprint density at radius 1 is 1.02 bits per heavy atom. The normalized spacial score (nSPS) is 17.7. The first-order valence-corrected chi connectivity index (χ1v) is 17.9. The second kappa shape index (κ2) is 13.8. The molecule has 3 N–H and O–H groups in total. The summed E-state index contributed by atoms with van der Waals surface area (Å²) >= 11 is 5.15. The Morgan fingerprint density at radius 3 is 2.35 bits per heavy atom. The minimum atomic E-state index is -0.962. The first-order chi connectivity index (χ1) is 23.4. The van der Waals surface area contributed by atoms with E-state index in [1.807, 2.05) is 84.9 Å². The molecule has 12 nitrogen and oxygen atoms in total. The predicted molar refractivity (Wildman–Crippen MR) is 186 cm³/mol. The van der Waals surface area contributed by atoms with Gasteiger partial charge in [-0.05, 0) is 23.3 Å². The van der Waals surface area contributed by atoms with Crippen LogP contribution in [0.25, 0.3) is 10.2 Å². The Labute approximate surface area is 290 Å². The summed E-state index contributed by atoms with van der Waals surface area (Å²) in [6.07, 6.45) is -0.730. The zero-order valence-electron chi connectivity index (χ0n) is 25.0. The zero-order chi connectivity index (χ0) is 33.2. The number of hydrogen-bond donors (Lipinski definition) is 2. The van der Waals surface area contributed by atoms with Crippen molar-refractivity contribution in [2.24, 2.45) is 5.16 Å². The smallest absolute Gasteiger partial charge is 0.356 e. The van der Waals surface area contributed by atoms with Gasteiger partial charge in [-0.1, -0.05) is 89.7 Å². The number of esters is 1. The number of hydrogen-bond acceptors (Lipinski definition) is 14. The van der Waals surface area contributed by atoms with E-state index in [9.17, 15) is 14.4 Å². The van der Waals surface area contributed by atoms with Crippen LogP contribution in [0, 0.1) is 0 Å². The molecule has 0 spiro atoms. The third-order valence-electron chi connectivity index (χ3n) is 7.38. The van der Waals surface area contributed by atoms with Crippen molar-refractivity contribution in [2.45, 2.75) is 21.9 Å². The van der Waals surface area contributed by atoms with Crippen molar-refractivity contribution in [2.75, 3.05) is 18.6 Å². The largest absolute Gasteiger partial charge is 0.448 e. The lowest BCUT2D eigenvalue weighted by atomic mass is 10.0. The molecule has 1 fully saturated rings. The van der Waals surface area contributed by atoms with Gasteiger partial charge in [0.25, 0.3) is 11.8 Å². The van der Waals surface area contributed by atoms with Crippen molar-refractivity contribution in [1.82, 2.24) is 24.6 Å². The molecule has 1 unspecified atom stereocenters. The van der Waals surface area contributed by atoms with Gasteiger partial charge in [-0.25, -0.2) is 9.78 Å². The summed E-state index contributed by atoms with van der Waals surface area (Å²) < 4.78 is 12.0. The molecule has 242 valence electrons. The number of benzene rings is 3. The molecular formula is C32H25N7O5S4. The van der Waals surface area contributed by atoms with Crippen molar-refractivity contribution in [3.63, 3.8) is 0 Å². The number of nitrogens with zero attached hydrogens (tertiary/aromatic N) is 5. The van der Waals surface area contributed by atoms with Gasteiger partial charge in [0.1, 0.15) is 24.2 Å².